The second kappa shape index (κ2) is 4.63. The summed E-state index contributed by atoms with van der Waals surface area (Å²) >= 11 is 1.76. The van der Waals surface area contributed by atoms with Crippen molar-refractivity contribution in [2.75, 3.05) is 19.8 Å². The summed E-state index contributed by atoms with van der Waals surface area (Å²) in [5.74, 6) is 1.20. The van der Waals surface area contributed by atoms with Crippen LogP contribution < -0.4 is 0 Å². The molecule has 3 rings (SSSR count). The van der Waals surface area contributed by atoms with E-state index in [0.29, 0.717) is 6.04 Å². The zero-order valence-electron chi connectivity index (χ0n) is 11.2. The normalized spacial score (nSPS) is 20.9. The first-order chi connectivity index (χ1) is 8.70. The van der Waals surface area contributed by atoms with E-state index in [1.807, 2.05) is 0 Å². The molecule has 0 bridgehead atoms. The number of para-hydroxylation sites is 1. The summed E-state index contributed by atoms with van der Waals surface area (Å²) in [6.07, 6.45) is 4.23. The minimum atomic E-state index is 0.560. The lowest BCUT2D eigenvalue weighted by Crippen LogP contribution is -2.30. The molecule has 0 N–H and O–H groups in total. The van der Waals surface area contributed by atoms with Crippen molar-refractivity contribution in [3.8, 4) is 0 Å². The van der Waals surface area contributed by atoms with Gasteiger partial charge in [0.25, 0.3) is 0 Å². The number of thioether (sulfide) groups is 1. The highest BCUT2D eigenvalue weighted by molar-refractivity contribution is 7.98. The van der Waals surface area contributed by atoms with Crippen LogP contribution in [0.3, 0.4) is 0 Å². The van der Waals surface area contributed by atoms with E-state index in [1.165, 1.54) is 21.6 Å². The Morgan fingerprint density at radius 3 is 3.00 bits per heavy atom. The molecule has 18 heavy (non-hydrogen) atoms. The van der Waals surface area contributed by atoms with Crippen LogP contribution in [-0.4, -0.2) is 30.8 Å². The monoisotopic (exact) mass is 261 g/mol. The Hall–Kier alpha value is -0.930. The van der Waals surface area contributed by atoms with Crippen molar-refractivity contribution in [2.24, 2.45) is 0 Å². The average molecular weight is 261 g/mol. The quantitative estimate of drug-likeness (QED) is 0.730. The topological polar surface area (TPSA) is 16.4 Å². The van der Waals surface area contributed by atoms with E-state index in [2.05, 4.69) is 43.3 Å². The van der Waals surface area contributed by atoms with Gasteiger partial charge in [-0.3, -0.25) is 0 Å². The largest absolute Gasteiger partial charge is 0.460 e. The molecule has 1 aromatic carbocycles. The Balaban J connectivity index is 2.16. The van der Waals surface area contributed by atoms with Gasteiger partial charge in [0.1, 0.15) is 11.3 Å². The van der Waals surface area contributed by atoms with Crippen LogP contribution in [0.2, 0.25) is 0 Å². The Morgan fingerprint density at radius 1 is 1.39 bits per heavy atom. The maximum atomic E-state index is 6.16. The van der Waals surface area contributed by atoms with E-state index in [9.17, 15) is 0 Å². The summed E-state index contributed by atoms with van der Waals surface area (Å²) < 4.78 is 6.16. The highest BCUT2D eigenvalue weighted by atomic mass is 32.2. The number of likely N-dealkylation sites (N-methyl/N-ethyl adjacent to an activating group) is 1. The lowest BCUT2D eigenvalue weighted by atomic mass is 10.1. The molecule has 0 amide bonds. The molecule has 1 unspecified atom stereocenters. The number of furan rings is 1. The molecule has 0 aliphatic carbocycles. The van der Waals surface area contributed by atoms with Crippen molar-refractivity contribution in [1.29, 1.82) is 0 Å². The second-order valence-electron chi connectivity index (χ2n) is 5.12. The van der Waals surface area contributed by atoms with Crippen LogP contribution in [0, 0.1) is 0 Å². The van der Waals surface area contributed by atoms with Crippen molar-refractivity contribution >= 4 is 22.7 Å². The van der Waals surface area contributed by atoms with Crippen molar-refractivity contribution in [3.63, 3.8) is 0 Å². The average Bonchev–Trinajstić information content (AvgIpc) is 2.66. The number of nitrogens with zero attached hydrogens (tertiary/aromatic N) is 1. The van der Waals surface area contributed by atoms with Crippen molar-refractivity contribution in [3.05, 3.63) is 29.5 Å². The van der Waals surface area contributed by atoms with Gasteiger partial charge in [0.2, 0.25) is 0 Å². The maximum Gasteiger partial charge on any atom is 0.148 e. The molecule has 2 nitrogen and oxygen atoms in total. The number of rotatable bonds is 1. The maximum absolute atomic E-state index is 6.16. The van der Waals surface area contributed by atoms with Gasteiger partial charge in [0.05, 0.1) is 4.90 Å². The molecule has 1 aliphatic heterocycles. The number of fused-ring (bicyclic) bond motifs is 3. The highest BCUT2D eigenvalue weighted by Gasteiger charge is 2.23. The van der Waals surface area contributed by atoms with Crippen LogP contribution >= 0.6 is 11.8 Å². The Labute approximate surface area is 112 Å². The second-order valence-corrected chi connectivity index (χ2v) is 5.97. The van der Waals surface area contributed by atoms with E-state index in [-0.39, 0.29) is 0 Å². The van der Waals surface area contributed by atoms with Gasteiger partial charge in [0, 0.05) is 30.0 Å². The molecule has 1 aliphatic rings. The molecule has 2 heterocycles. The summed E-state index contributed by atoms with van der Waals surface area (Å²) in [7, 11) is 2.20. The van der Waals surface area contributed by atoms with Crippen LogP contribution in [0.15, 0.2) is 27.5 Å². The van der Waals surface area contributed by atoms with E-state index in [1.54, 1.807) is 11.8 Å². The standard InChI is InChI=1S/C15H19NOS/c1-10-9-13-11(7-8-16(10)2)12-5-4-6-14(18-3)15(12)17-13/h4-6,10H,7-9H2,1-3H3. The minimum absolute atomic E-state index is 0.560. The molecule has 0 fully saturated rings. The van der Waals surface area contributed by atoms with Crippen LogP contribution in [-0.2, 0) is 12.8 Å². The van der Waals surface area contributed by atoms with Crippen molar-refractivity contribution in [2.45, 2.75) is 30.7 Å². The number of hydrogen-bond donors (Lipinski definition) is 0. The van der Waals surface area contributed by atoms with Gasteiger partial charge in [-0.2, -0.15) is 0 Å². The smallest absolute Gasteiger partial charge is 0.148 e. The minimum Gasteiger partial charge on any atom is -0.460 e. The van der Waals surface area contributed by atoms with Crippen LogP contribution in [0.25, 0.3) is 11.0 Å². The number of benzene rings is 1. The van der Waals surface area contributed by atoms with E-state index in [4.69, 9.17) is 4.42 Å². The fourth-order valence-corrected chi connectivity index (χ4v) is 3.28. The van der Waals surface area contributed by atoms with Crippen molar-refractivity contribution < 1.29 is 4.42 Å². The van der Waals surface area contributed by atoms with Gasteiger partial charge in [0.15, 0.2) is 0 Å². The Morgan fingerprint density at radius 2 is 2.22 bits per heavy atom. The molecular weight excluding hydrogens is 242 g/mol. The zero-order chi connectivity index (χ0) is 12.7. The van der Waals surface area contributed by atoms with E-state index < -0.39 is 0 Å². The molecule has 1 atom stereocenters. The summed E-state index contributed by atoms with van der Waals surface area (Å²) in [5, 5.41) is 1.32. The predicted molar refractivity (Wildman–Crippen MR) is 77.5 cm³/mol. The summed E-state index contributed by atoms with van der Waals surface area (Å²) in [6, 6.07) is 7.05. The molecule has 2 aromatic rings. The highest BCUT2D eigenvalue weighted by Crippen LogP contribution is 2.35. The van der Waals surface area contributed by atoms with Gasteiger partial charge in [-0.25, -0.2) is 0 Å². The third-order valence-electron chi connectivity index (χ3n) is 4.03. The fraction of sp³-hybridized carbons (Fsp3) is 0.467. The van der Waals surface area contributed by atoms with Gasteiger partial charge in [-0.05, 0) is 32.7 Å². The molecule has 96 valence electrons. The Bertz CT molecular complexity index is 575. The SMILES string of the molecule is CSc1cccc2c3c(oc12)CC(C)N(C)CC3. The summed E-state index contributed by atoms with van der Waals surface area (Å²) in [5.41, 5.74) is 2.52. The van der Waals surface area contributed by atoms with Crippen LogP contribution in [0.5, 0.6) is 0 Å². The molecule has 0 radical (unpaired) electrons. The third-order valence-corrected chi connectivity index (χ3v) is 4.79. The first-order valence-corrected chi connectivity index (χ1v) is 7.70. The Kier molecular flexibility index (Phi) is 3.12. The summed E-state index contributed by atoms with van der Waals surface area (Å²) in [6.45, 7) is 3.39. The summed E-state index contributed by atoms with van der Waals surface area (Å²) in [4.78, 5) is 3.67. The first-order valence-electron chi connectivity index (χ1n) is 6.48. The van der Waals surface area contributed by atoms with Gasteiger partial charge in [-0.15, -0.1) is 11.8 Å². The van der Waals surface area contributed by atoms with Crippen LogP contribution in [0.1, 0.15) is 18.2 Å². The molecular formula is C15H19NOS. The zero-order valence-corrected chi connectivity index (χ0v) is 12.0. The lowest BCUT2D eigenvalue weighted by Gasteiger charge is -2.20. The van der Waals surface area contributed by atoms with E-state index in [0.717, 1.165) is 25.0 Å². The van der Waals surface area contributed by atoms with Gasteiger partial charge >= 0.3 is 0 Å². The third kappa shape index (κ3) is 1.86. The first kappa shape index (κ1) is 12.1. The molecule has 3 heteroatoms. The van der Waals surface area contributed by atoms with Crippen molar-refractivity contribution in [1.82, 2.24) is 4.90 Å². The molecule has 0 spiro atoms. The van der Waals surface area contributed by atoms with E-state index >= 15 is 0 Å². The number of hydrogen-bond acceptors (Lipinski definition) is 3. The van der Waals surface area contributed by atoms with Gasteiger partial charge < -0.3 is 9.32 Å². The fourth-order valence-electron chi connectivity index (χ4n) is 2.73. The molecule has 0 saturated carbocycles. The molecule has 1 aromatic heterocycles. The predicted octanol–water partition coefficient (Wildman–Crippen LogP) is 3.57. The lowest BCUT2D eigenvalue weighted by molar-refractivity contribution is 0.261. The molecule has 0 saturated heterocycles. The van der Waals surface area contributed by atoms with Crippen LogP contribution in [0.4, 0.5) is 0 Å². The van der Waals surface area contributed by atoms with Gasteiger partial charge in [-0.1, -0.05) is 12.1 Å².